The van der Waals surface area contributed by atoms with Gasteiger partial charge in [-0.05, 0) is 31.2 Å². The highest BCUT2D eigenvalue weighted by Crippen LogP contribution is 2.22. The van der Waals surface area contributed by atoms with Crippen LogP contribution in [0.3, 0.4) is 0 Å². The Hall–Kier alpha value is -2.49. The number of aryl methyl sites for hydroxylation is 1. The Morgan fingerprint density at radius 2 is 1.95 bits per heavy atom. The van der Waals surface area contributed by atoms with E-state index in [1.165, 1.54) is 5.56 Å². The van der Waals surface area contributed by atoms with Crippen molar-refractivity contribution in [1.82, 2.24) is 4.98 Å². The molecule has 4 heteroatoms. The Morgan fingerprint density at radius 3 is 2.68 bits per heavy atom. The average molecular weight is 254 g/mol. The lowest BCUT2D eigenvalue weighted by atomic mass is 10.2. The normalized spacial score (nSPS) is 10.8. The molecular formula is C15H14N2O2. The predicted octanol–water partition coefficient (Wildman–Crippen LogP) is 3.30. The van der Waals surface area contributed by atoms with Crippen LogP contribution < -0.4 is 10.5 Å². The van der Waals surface area contributed by atoms with Crippen molar-refractivity contribution in [1.29, 1.82) is 0 Å². The van der Waals surface area contributed by atoms with Gasteiger partial charge in [0.05, 0.1) is 5.69 Å². The van der Waals surface area contributed by atoms with Gasteiger partial charge in [-0.3, -0.25) is 0 Å². The highest BCUT2D eigenvalue weighted by Gasteiger charge is 2.08. The summed E-state index contributed by atoms with van der Waals surface area (Å²) in [5.41, 5.74) is 8.97. The van der Waals surface area contributed by atoms with Gasteiger partial charge in [-0.25, -0.2) is 4.98 Å². The summed E-state index contributed by atoms with van der Waals surface area (Å²) in [5.74, 6) is 1.31. The van der Waals surface area contributed by atoms with Gasteiger partial charge in [0.15, 0.2) is 12.2 Å². The van der Waals surface area contributed by atoms with Crippen LogP contribution >= 0.6 is 0 Å². The maximum atomic E-state index is 5.82. The molecule has 3 aromatic rings. The van der Waals surface area contributed by atoms with E-state index in [9.17, 15) is 0 Å². The molecule has 0 aliphatic rings. The molecule has 2 N–H and O–H groups in total. The summed E-state index contributed by atoms with van der Waals surface area (Å²) in [4.78, 5) is 4.33. The van der Waals surface area contributed by atoms with E-state index in [-0.39, 0.29) is 6.61 Å². The summed E-state index contributed by atoms with van der Waals surface area (Å²) in [5, 5.41) is 0. The molecule has 0 saturated carbocycles. The van der Waals surface area contributed by atoms with Crippen molar-refractivity contribution >= 4 is 16.8 Å². The molecule has 96 valence electrons. The first-order valence-corrected chi connectivity index (χ1v) is 6.06. The van der Waals surface area contributed by atoms with E-state index in [0.29, 0.717) is 17.2 Å². The fourth-order valence-corrected chi connectivity index (χ4v) is 1.86. The Labute approximate surface area is 110 Å². The van der Waals surface area contributed by atoms with E-state index in [1.807, 2.05) is 43.3 Å². The summed E-state index contributed by atoms with van der Waals surface area (Å²) < 4.78 is 11.2. The molecular weight excluding hydrogens is 240 g/mol. The summed E-state index contributed by atoms with van der Waals surface area (Å²) in [6.45, 7) is 2.32. The summed E-state index contributed by atoms with van der Waals surface area (Å²) in [6, 6.07) is 13.4. The number of nitrogen functional groups attached to an aromatic ring is 1. The standard InChI is InChI=1S/C15H14N2O2/c1-10-5-7-11(8-6-10)18-9-14-17-13-4-2-3-12(16)15(13)19-14/h2-8H,9,16H2,1H3. The highest BCUT2D eigenvalue weighted by molar-refractivity contribution is 5.84. The van der Waals surface area contributed by atoms with Crippen molar-refractivity contribution in [2.45, 2.75) is 13.5 Å². The van der Waals surface area contributed by atoms with Gasteiger partial charge in [-0.2, -0.15) is 0 Å². The lowest BCUT2D eigenvalue weighted by Gasteiger charge is -2.03. The molecule has 2 aromatic carbocycles. The first kappa shape index (κ1) is 11.6. The van der Waals surface area contributed by atoms with Crippen molar-refractivity contribution in [3.05, 3.63) is 53.9 Å². The lowest BCUT2D eigenvalue weighted by molar-refractivity contribution is 0.267. The van der Waals surface area contributed by atoms with Gasteiger partial charge in [0.2, 0.25) is 5.89 Å². The third-order valence-electron chi connectivity index (χ3n) is 2.87. The van der Waals surface area contributed by atoms with Crippen molar-refractivity contribution in [3.63, 3.8) is 0 Å². The van der Waals surface area contributed by atoms with Crippen molar-refractivity contribution in [2.75, 3.05) is 5.73 Å². The quantitative estimate of drug-likeness (QED) is 0.728. The second-order valence-electron chi connectivity index (χ2n) is 4.40. The first-order chi connectivity index (χ1) is 9.22. The van der Waals surface area contributed by atoms with Gasteiger partial charge in [0.25, 0.3) is 0 Å². The van der Waals surface area contributed by atoms with Gasteiger partial charge < -0.3 is 14.9 Å². The monoisotopic (exact) mass is 254 g/mol. The van der Waals surface area contributed by atoms with Gasteiger partial charge in [-0.15, -0.1) is 0 Å². The number of aromatic nitrogens is 1. The molecule has 0 fully saturated rings. The zero-order chi connectivity index (χ0) is 13.2. The Kier molecular flexibility index (Phi) is 2.83. The van der Waals surface area contributed by atoms with Crippen LogP contribution in [0, 0.1) is 6.92 Å². The zero-order valence-corrected chi connectivity index (χ0v) is 10.6. The number of oxazole rings is 1. The van der Waals surface area contributed by atoms with Gasteiger partial charge in [0, 0.05) is 0 Å². The van der Waals surface area contributed by atoms with E-state index in [2.05, 4.69) is 4.98 Å². The van der Waals surface area contributed by atoms with Gasteiger partial charge in [0.1, 0.15) is 11.3 Å². The molecule has 0 saturated heterocycles. The Bertz CT molecular complexity index is 702. The van der Waals surface area contributed by atoms with E-state index in [0.717, 1.165) is 11.3 Å². The molecule has 4 nitrogen and oxygen atoms in total. The van der Waals surface area contributed by atoms with Crippen LogP contribution in [-0.4, -0.2) is 4.98 Å². The maximum Gasteiger partial charge on any atom is 0.233 e. The highest BCUT2D eigenvalue weighted by atomic mass is 16.5. The number of benzene rings is 2. The molecule has 0 aliphatic heterocycles. The molecule has 19 heavy (non-hydrogen) atoms. The smallest absolute Gasteiger partial charge is 0.233 e. The van der Waals surface area contributed by atoms with Crippen molar-refractivity contribution in [3.8, 4) is 5.75 Å². The topological polar surface area (TPSA) is 61.3 Å². The minimum atomic E-state index is 0.289. The minimum absolute atomic E-state index is 0.289. The molecule has 1 aromatic heterocycles. The van der Waals surface area contributed by atoms with Crippen LogP contribution in [0.15, 0.2) is 46.9 Å². The van der Waals surface area contributed by atoms with Crippen LogP contribution in [0.2, 0.25) is 0 Å². The second kappa shape index (κ2) is 4.65. The van der Waals surface area contributed by atoms with Crippen molar-refractivity contribution in [2.24, 2.45) is 0 Å². The fourth-order valence-electron chi connectivity index (χ4n) is 1.86. The number of nitrogens with two attached hydrogens (primary N) is 1. The average Bonchev–Trinajstić information content (AvgIpc) is 2.83. The van der Waals surface area contributed by atoms with E-state index >= 15 is 0 Å². The SMILES string of the molecule is Cc1ccc(OCc2nc3cccc(N)c3o2)cc1. The molecule has 0 aliphatic carbocycles. The molecule has 0 unspecified atom stereocenters. The summed E-state index contributed by atoms with van der Waals surface area (Å²) >= 11 is 0. The molecule has 0 bridgehead atoms. The Balaban J connectivity index is 1.78. The molecule has 3 rings (SSSR count). The molecule has 1 heterocycles. The number of anilines is 1. The van der Waals surface area contributed by atoms with Crippen LogP contribution in [0.1, 0.15) is 11.5 Å². The second-order valence-corrected chi connectivity index (χ2v) is 4.40. The minimum Gasteiger partial charge on any atom is -0.484 e. The zero-order valence-electron chi connectivity index (χ0n) is 10.6. The maximum absolute atomic E-state index is 5.82. The number of ether oxygens (including phenoxy) is 1. The number of rotatable bonds is 3. The van der Waals surface area contributed by atoms with Crippen LogP contribution in [0.5, 0.6) is 5.75 Å². The first-order valence-electron chi connectivity index (χ1n) is 6.06. The van der Waals surface area contributed by atoms with Crippen LogP contribution in [-0.2, 0) is 6.61 Å². The third kappa shape index (κ3) is 2.38. The van der Waals surface area contributed by atoms with E-state index < -0.39 is 0 Å². The Morgan fingerprint density at radius 1 is 1.16 bits per heavy atom. The molecule has 0 amide bonds. The van der Waals surface area contributed by atoms with Crippen LogP contribution in [0.4, 0.5) is 5.69 Å². The molecule has 0 spiro atoms. The number of para-hydroxylation sites is 1. The largest absolute Gasteiger partial charge is 0.484 e. The number of fused-ring (bicyclic) bond motifs is 1. The van der Waals surface area contributed by atoms with E-state index in [4.69, 9.17) is 14.9 Å². The van der Waals surface area contributed by atoms with E-state index in [1.54, 1.807) is 6.07 Å². The number of hydrogen-bond donors (Lipinski definition) is 1. The van der Waals surface area contributed by atoms with Crippen molar-refractivity contribution < 1.29 is 9.15 Å². The summed E-state index contributed by atoms with van der Waals surface area (Å²) in [7, 11) is 0. The third-order valence-corrected chi connectivity index (χ3v) is 2.87. The predicted molar refractivity (Wildman–Crippen MR) is 73.9 cm³/mol. The fraction of sp³-hybridized carbons (Fsp3) is 0.133. The lowest BCUT2D eigenvalue weighted by Crippen LogP contribution is -1.95. The van der Waals surface area contributed by atoms with Gasteiger partial charge >= 0.3 is 0 Å². The van der Waals surface area contributed by atoms with Gasteiger partial charge in [-0.1, -0.05) is 23.8 Å². The number of hydrogen-bond acceptors (Lipinski definition) is 4. The van der Waals surface area contributed by atoms with Crippen LogP contribution in [0.25, 0.3) is 11.1 Å². The number of nitrogens with zero attached hydrogens (tertiary/aromatic N) is 1. The summed E-state index contributed by atoms with van der Waals surface area (Å²) in [6.07, 6.45) is 0. The molecule has 0 radical (unpaired) electrons. The molecule has 0 atom stereocenters.